The summed E-state index contributed by atoms with van der Waals surface area (Å²) in [6.07, 6.45) is 0. The number of para-hydroxylation sites is 1. The molecule has 122 valence electrons. The van der Waals surface area contributed by atoms with E-state index in [4.69, 9.17) is 4.74 Å². The fourth-order valence-corrected chi connectivity index (χ4v) is 2.77. The average Bonchev–Trinajstić information content (AvgIpc) is 2.63. The van der Waals surface area contributed by atoms with Crippen LogP contribution >= 0.6 is 0 Å². The summed E-state index contributed by atoms with van der Waals surface area (Å²) >= 11 is 0. The minimum absolute atomic E-state index is 0.00334. The van der Waals surface area contributed by atoms with Crippen molar-refractivity contribution in [2.45, 2.75) is 13.8 Å². The number of hydrogen-bond acceptors (Lipinski definition) is 2. The van der Waals surface area contributed by atoms with Gasteiger partial charge in [0.15, 0.2) is 0 Å². The highest BCUT2D eigenvalue weighted by atomic mass is 16.5. The number of nitrogens with zero attached hydrogens (tertiary/aromatic N) is 1. The lowest BCUT2D eigenvalue weighted by Crippen LogP contribution is -2.30. The van der Waals surface area contributed by atoms with E-state index in [9.17, 15) is 4.79 Å². The molecule has 1 amide bonds. The van der Waals surface area contributed by atoms with Gasteiger partial charge in [0, 0.05) is 13.1 Å². The molecule has 0 fully saturated rings. The molecule has 0 aliphatic heterocycles. The van der Waals surface area contributed by atoms with E-state index in [2.05, 4.69) is 12.1 Å². The van der Waals surface area contributed by atoms with Crippen LogP contribution in [-0.2, 0) is 0 Å². The molecule has 0 aromatic heterocycles. The van der Waals surface area contributed by atoms with Crippen LogP contribution in [0, 0.1) is 0 Å². The van der Waals surface area contributed by atoms with E-state index in [1.807, 2.05) is 68.4 Å². The monoisotopic (exact) mass is 319 g/mol. The Morgan fingerprint density at radius 1 is 0.875 bits per heavy atom. The number of rotatable bonds is 5. The molecule has 0 N–H and O–H groups in total. The zero-order chi connectivity index (χ0) is 16.9. The van der Waals surface area contributed by atoms with Gasteiger partial charge in [-0.05, 0) is 48.9 Å². The van der Waals surface area contributed by atoms with Gasteiger partial charge in [0.2, 0.25) is 0 Å². The molecule has 0 atom stereocenters. The van der Waals surface area contributed by atoms with Crippen molar-refractivity contribution in [1.82, 2.24) is 4.90 Å². The summed E-state index contributed by atoms with van der Waals surface area (Å²) in [5.41, 5.74) is 0.592. The van der Waals surface area contributed by atoms with Crippen molar-refractivity contribution in [3.63, 3.8) is 0 Å². The van der Waals surface area contributed by atoms with Crippen LogP contribution in [0.5, 0.6) is 11.5 Å². The minimum atomic E-state index is -0.00334. The van der Waals surface area contributed by atoms with E-state index in [0.717, 1.165) is 16.5 Å². The first-order valence-electron chi connectivity index (χ1n) is 8.28. The molecule has 24 heavy (non-hydrogen) atoms. The van der Waals surface area contributed by atoms with Crippen LogP contribution in [0.3, 0.4) is 0 Å². The molecule has 3 nitrogen and oxygen atoms in total. The number of amides is 1. The predicted octanol–water partition coefficient (Wildman–Crippen LogP) is 5.11. The Bertz CT molecular complexity index is 853. The number of carbonyl (C=O) groups is 1. The Kier molecular flexibility index (Phi) is 4.80. The van der Waals surface area contributed by atoms with Crippen LogP contribution in [0.25, 0.3) is 10.8 Å². The molecule has 0 saturated carbocycles. The number of carbonyl (C=O) groups excluding carboxylic acids is 1. The van der Waals surface area contributed by atoms with E-state index in [1.165, 1.54) is 0 Å². The second-order valence-electron chi connectivity index (χ2n) is 5.58. The van der Waals surface area contributed by atoms with Crippen LogP contribution in [-0.4, -0.2) is 23.9 Å². The number of hydrogen-bond donors (Lipinski definition) is 0. The van der Waals surface area contributed by atoms with Gasteiger partial charge in [0.25, 0.3) is 5.91 Å². The molecule has 3 aromatic rings. The van der Waals surface area contributed by atoms with Gasteiger partial charge in [-0.2, -0.15) is 0 Å². The Balaban J connectivity index is 1.93. The Hall–Kier alpha value is -2.81. The Morgan fingerprint density at radius 3 is 2.29 bits per heavy atom. The molecule has 0 heterocycles. The summed E-state index contributed by atoms with van der Waals surface area (Å²) in [6.45, 7) is 5.32. The smallest absolute Gasteiger partial charge is 0.257 e. The molecule has 0 radical (unpaired) electrons. The summed E-state index contributed by atoms with van der Waals surface area (Å²) in [4.78, 5) is 14.5. The zero-order valence-electron chi connectivity index (χ0n) is 14.0. The minimum Gasteiger partial charge on any atom is -0.457 e. The molecular weight excluding hydrogens is 298 g/mol. The summed E-state index contributed by atoms with van der Waals surface area (Å²) < 4.78 is 6.03. The molecule has 0 saturated heterocycles. The van der Waals surface area contributed by atoms with E-state index < -0.39 is 0 Å². The predicted molar refractivity (Wildman–Crippen MR) is 97.7 cm³/mol. The largest absolute Gasteiger partial charge is 0.457 e. The third-order valence-electron chi connectivity index (χ3n) is 4.12. The molecule has 3 aromatic carbocycles. The van der Waals surface area contributed by atoms with Crippen molar-refractivity contribution in [2.24, 2.45) is 0 Å². The second-order valence-corrected chi connectivity index (χ2v) is 5.58. The fourth-order valence-electron chi connectivity index (χ4n) is 2.77. The van der Waals surface area contributed by atoms with E-state index in [1.54, 1.807) is 4.90 Å². The lowest BCUT2D eigenvalue weighted by molar-refractivity contribution is 0.0770. The van der Waals surface area contributed by atoms with Gasteiger partial charge >= 0.3 is 0 Å². The summed E-state index contributed by atoms with van der Waals surface area (Å²) in [5.74, 6) is 1.31. The average molecular weight is 319 g/mol. The van der Waals surface area contributed by atoms with Gasteiger partial charge in [0.05, 0.1) is 5.56 Å². The highest BCUT2D eigenvalue weighted by Gasteiger charge is 2.17. The SMILES string of the molecule is CCN(CC)C(=O)c1ccccc1Oc1ccc2ccccc2c1. The van der Waals surface area contributed by atoms with Gasteiger partial charge in [-0.25, -0.2) is 0 Å². The lowest BCUT2D eigenvalue weighted by atomic mass is 10.1. The molecule has 3 rings (SSSR count). The van der Waals surface area contributed by atoms with Crippen molar-refractivity contribution < 1.29 is 9.53 Å². The topological polar surface area (TPSA) is 29.5 Å². The lowest BCUT2D eigenvalue weighted by Gasteiger charge is -2.20. The Morgan fingerprint density at radius 2 is 1.54 bits per heavy atom. The maximum absolute atomic E-state index is 12.7. The summed E-state index contributed by atoms with van der Waals surface area (Å²) in [7, 11) is 0. The van der Waals surface area contributed by atoms with Gasteiger partial charge in [0.1, 0.15) is 11.5 Å². The van der Waals surface area contributed by atoms with Crippen molar-refractivity contribution in [3.8, 4) is 11.5 Å². The van der Waals surface area contributed by atoms with Gasteiger partial charge < -0.3 is 9.64 Å². The second kappa shape index (κ2) is 7.18. The highest BCUT2D eigenvalue weighted by Crippen LogP contribution is 2.28. The molecule has 0 spiro atoms. The van der Waals surface area contributed by atoms with E-state index >= 15 is 0 Å². The van der Waals surface area contributed by atoms with Crippen molar-refractivity contribution in [1.29, 1.82) is 0 Å². The zero-order valence-corrected chi connectivity index (χ0v) is 14.0. The molecule has 0 bridgehead atoms. The molecule has 0 unspecified atom stereocenters. The van der Waals surface area contributed by atoms with Crippen LogP contribution in [0.1, 0.15) is 24.2 Å². The van der Waals surface area contributed by atoms with Gasteiger partial charge in [-0.3, -0.25) is 4.79 Å². The Labute approximate surface area is 142 Å². The van der Waals surface area contributed by atoms with Gasteiger partial charge in [-0.1, -0.05) is 42.5 Å². The molecule has 3 heteroatoms. The molecule has 0 aliphatic rings. The maximum Gasteiger partial charge on any atom is 0.257 e. The summed E-state index contributed by atoms with van der Waals surface area (Å²) in [6, 6.07) is 21.5. The first-order valence-corrected chi connectivity index (χ1v) is 8.28. The fraction of sp³-hybridized carbons (Fsp3) is 0.190. The standard InChI is InChI=1S/C21H21NO2/c1-3-22(4-2)21(23)19-11-7-8-12-20(19)24-18-14-13-16-9-5-6-10-17(16)15-18/h5-15H,3-4H2,1-2H3. The first kappa shape index (κ1) is 16.1. The normalized spacial score (nSPS) is 10.6. The molecule has 0 aliphatic carbocycles. The van der Waals surface area contributed by atoms with Crippen LogP contribution in [0.2, 0.25) is 0 Å². The van der Waals surface area contributed by atoms with Crippen molar-refractivity contribution >= 4 is 16.7 Å². The first-order chi connectivity index (χ1) is 11.7. The van der Waals surface area contributed by atoms with Gasteiger partial charge in [-0.15, -0.1) is 0 Å². The number of benzene rings is 3. The highest BCUT2D eigenvalue weighted by molar-refractivity contribution is 5.97. The third-order valence-corrected chi connectivity index (χ3v) is 4.12. The van der Waals surface area contributed by atoms with E-state index in [-0.39, 0.29) is 5.91 Å². The number of fused-ring (bicyclic) bond motifs is 1. The van der Waals surface area contributed by atoms with Crippen molar-refractivity contribution in [2.75, 3.05) is 13.1 Å². The third kappa shape index (κ3) is 3.25. The van der Waals surface area contributed by atoms with Crippen LogP contribution in [0.15, 0.2) is 66.7 Å². The quantitative estimate of drug-likeness (QED) is 0.653. The number of ether oxygens (including phenoxy) is 1. The van der Waals surface area contributed by atoms with Crippen molar-refractivity contribution in [3.05, 3.63) is 72.3 Å². The summed E-state index contributed by atoms with van der Waals surface area (Å²) in [5, 5.41) is 2.28. The molecular formula is C21H21NO2. The van der Waals surface area contributed by atoms with Crippen LogP contribution < -0.4 is 4.74 Å². The maximum atomic E-state index is 12.7. The van der Waals surface area contributed by atoms with Crippen LogP contribution in [0.4, 0.5) is 0 Å². The van der Waals surface area contributed by atoms with E-state index in [0.29, 0.717) is 24.4 Å².